The third-order valence-electron chi connectivity index (χ3n) is 3.92. The summed E-state index contributed by atoms with van der Waals surface area (Å²) in [5.74, 6) is 1.17. The number of hydrogen-bond donors (Lipinski definition) is 1. The first-order valence-corrected chi connectivity index (χ1v) is 8.76. The molecule has 0 aliphatic heterocycles. The number of nitrogens with zero attached hydrogens (tertiary/aromatic N) is 1. The van der Waals surface area contributed by atoms with Crippen LogP contribution >= 0.6 is 0 Å². The third kappa shape index (κ3) is 10.0. The van der Waals surface area contributed by atoms with Gasteiger partial charge in [-0.05, 0) is 52.0 Å². The predicted molar refractivity (Wildman–Crippen MR) is 94.2 cm³/mol. The van der Waals surface area contributed by atoms with E-state index in [1.54, 1.807) is 11.9 Å². The van der Waals surface area contributed by atoms with E-state index in [9.17, 15) is 4.79 Å². The standard InChI is InChI=1S/C18H38N2O2/c1-9-14(3)11-16(10-2)19-12-15(4)13-20(8)17(21)22-18(5,6)7/h14-16,19H,9-13H2,1-8H3. The van der Waals surface area contributed by atoms with Crippen LogP contribution in [0.5, 0.6) is 0 Å². The van der Waals surface area contributed by atoms with Crippen molar-refractivity contribution >= 4 is 6.09 Å². The summed E-state index contributed by atoms with van der Waals surface area (Å²) in [6.45, 7) is 16.3. The smallest absolute Gasteiger partial charge is 0.410 e. The average Bonchev–Trinajstić information content (AvgIpc) is 2.40. The Morgan fingerprint density at radius 1 is 1.14 bits per heavy atom. The summed E-state index contributed by atoms with van der Waals surface area (Å²) < 4.78 is 5.38. The van der Waals surface area contributed by atoms with Gasteiger partial charge in [0.25, 0.3) is 0 Å². The second kappa shape index (κ2) is 10.1. The molecule has 0 saturated carbocycles. The van der Waals surface area contributed by atoms with Crippen LogP contribution < -0.4 is 5.32 Å². The van der Waals surface area contributed by atoms with Crippen LogP contribution in [0.2, 0.25) is 0 Å². The molecule has 0 aliphatic rings. The number of hydrogen-bond acceptors (Lipinski definition) is 3. The van der Waals surface area contributed by atoms with Crippen LogP contribution in [0.25, 0.3) is 0 Å². The van der Waals surface area contributed by atoms with Crippen molar-refractivity contribution in [2.45, 2.75) is 79.4 Å². The molecule has 3 atom stereocenters. The van der Waals surface area contributed by atoms with Crippen LogP contribution in [0.3, 0.4) is 0 Å². The first kappa shape index (κ1) is 21.2. The number of carbonyl (C=O) groups excluding carboxylic acids is 1. The molecule has 0 aromatic rings. The van der Waals surface area contributed by atoms with Gasteiger partial charge in [0.2, 0.25) is 0 Å². The molecule has 3 unspecified atom stereocenters. The van der Waals surface area contributed by atoms with Crippen molar-refractivity contribution in [3.8, 4) is 0 Å². The molecule has 4 nitrogen and oxygen atoms in total. The molecule has 0 bridgehead atoms. The molecule has 22 heavy (non-hydrogen) atoms. The van der Waals surface area contributed by atoms with Crippen molar-refractivity contribution in [3.63, 3.8) is 0 Å². The minimum Gasteiger partial charge on any atom is -0.444 e. The Morgan fingerprint density at radius 2 is 1.73 bits per heavy atom. The maximum atomic E-state index is 12.0. The molecule has 0 heterocycles. The lowest BCUT2D eigenvalue weighted by molar-refractivity contribution is 0.0276. The van der Waals surface area contributed by atoms with Crippen molar-refractivity contribution in [1.82, 2.24) is 10.2 Å². The van der Waals surface area contributed by atoms with E-state index in [-0.39, 0.29) is 6.09 Å². The zero-order chi connectivity index (χ0) is 17.3. The van der Waals surface area contributed by atoms with Crippen LogP contribution in [-0.4, -0.2) is 42.8 Å². The van der Waals surface area contributed by atoms with E-state index in [2.05, 4.69) is 33.0 Å². The molecule has 132 valence electrons. The minimum absolute atomic E-state index is 0.244. The Bertz CT molecular complexity index is 313. The van der Waals surface area contributed by atoms with Crippen molar-refractivity contribution in [1.29, 1.82) is 0 Å². The maximum absolute atomic E-state index is 12.0. The molecule has 0 rings (SSSR count). The van der Waals surface area contributed by atoms with Gasteiger partial charge in [-0.2, -0.15) is 0 Å². The molecule has 0 saturated heterocycles. The van der Waals surface area contributed by atoms with Gasteiger partial charge in [0.05, 0.1) is 0 Å². The van der Waals surface area contributed by atoms with Gasteiger partial charge in [-0.25, -0.2) is 4.79 Å². The van der Waals surface area contributed by atoms with Crippen molar-refractivity contribution < 1.29 is 9.53 Å². The summed E-state index contributed by atoms with van der Waals surface area (Å²) in [4.78, 5) is 13.6. The minimum atomic E-state index is -0.434. The first-order valence-electron chi connectivity index (χ1n) is 8.76. The van der Waals surface area contributed by atoms with Crippen LogP contribution in [0.4, 0.5) is 4.79 Å². The Kier molecular flexibility index (Phi) is 9.74. The molecule has 0 aliphatic carbocycles. The third-order valence-corrected chi connectivity index (χ3v) is 3.92. The van der Waals surface area contributed by atoms with E-state index >= 15 is 0 Å². The molecule has 1 amide bonds. The molecule has 1 N–H and O–H groups in total. The fourth-order valence-electron chi connectivity index (χ4n) is 2.36. The SMILES string of the molecule is CCC(C)CC(CC)NCC(C)CN(C)C(=O)OC(C)(C)C. The van der Waals surface area contributed by atoms with Gasteiger partial charge in [0.1, 0.15) is 5.60 Å². The zero-order valence-corrected chi connectivity index (χ0v) is 16.0. The summed E-state index contributed by atoms with van der Waals surface area (Å²) in [5.41, 5.74) is -0.434. The van der Waals surface area contributed by atoms with Gasteiger partial charge in [0, 0.05) is 19.6 Å². The number of amides is 1. The second-order valence-electron chi connectivity index (χ2n) is 7.73. The number of carbonyl (C=O) groups is 1. The van der Waals surface area contributed by atoms with E-state index in [4.69, 9.17) is 4.74 Å². The van der Waals surface area contributed by atoms with Gasteiger partial charge >= 0.3 is 6.09 Å². The Hall–Kier alpha value is -0.770. The van der Waals surface area contributed by atoms with Crippen molar-refractivity contribution in [2.24, 2.45) is 11.8 Å². The lowest BCUT2D eigenvalue weighted by Gasteiger charge is -2.27. The largest absolute Gasteiger partial charge is 0.444 e. The molecule has 0 spiro atoms. The van der Waals surface area contributed by atoms with E-state index in [1.165, 1.54) is 12.8 Å². The van der Waals surface area contributed by atoms with Crippen LogP contribution in [0.1, 0.15) is 67.7 Å². The summed E-state index contributed by atoms with van der Waals surface area (Å²) >= 11 is 0. The molecule has 0 aromatic carbocycles. The van der Waals surface area contributed by atoms with Crippen molar-refractivity contribution in [3.05, 3.63) is 0 Å². The highest BCUT2D eigenvalue weighted by Gasteiger charge is 2.21. The Morgan fingerprint density at radius 3 is 2.18 bits per heavy atom. The normalized spacial score (nSPS) is 16.0. The van der Waals surface area contributed by atoms with Gasteiger partial charge in [-0.3, -0.25) is 0 Å². The number of rotatable bonds is 9. The molecular weight excluding hydrogens is 276 g/mol. The highest BCUT2D eigenvalue weighted by Crippen LogP contribution is 2.13. The summed E-state index contributed by atoms with van der Waals surface area (Å²) in [7, 11) is 1.81. The summed E-state index contributed by atoms with van der Waals surface area (Å²) in [6.07, 6.45) is 3.36. The quantitative estimate of drug-likeness (QED) is 0.690. The lowest BCUT2D eigenvalue weighted by atomic mass is 9.97. The molecule has 0 aromatic heterocycles. The van der Waals surface area contributed by atoms with Crippen molar-refractivity contribution in [2.75, 3.05) is 20.1 Å². The fraction of sp³-hybridized carbons (Fsp3) is 0.944. The first-order chi connectivity index (χ1) is 10.1. The zero-order valence-electron chi connectivity index (χ0n) is 16.0. The average molecular weight is 315 g/mol. The van der Waals surface area contributed by atoms with Crippen LogP contribution in [0, 0.1) is 11.8 Å². The topological polar surface area (TPSA) is 41.6 Å². The van der Waals surface area contributed by atoms with Gasteiger partial charge in [0.15, 0.2) is 0 Å². The van der Waals surface area contributed by atoms with Gasteiger partial charge in [-0.15, -0.1) is 0 Å². The molecular formula is C18H38N2O2. The highest BCUT2D eigenvalue weighted by atomic mass is 16.6. The van der Waals surface area contributed by atoms with E-state index in [1.807, 2.05) is 20.8 Å². The van der Waals surface area contributed by atoms with Crippen LogP contribution in [0.15, 0.2) is 0 Å². The summed E-state index contributed by atoms with van der Waals surface area (Å²) in [6, 6.07) is 0.573. The lowest BCUT2D eigenvalue weighted by Crippen LogP contribution is -2.40. The highest BCUT2D eigenvalue weighted by molar-refractivity contribution is 5.67. The van der Waals surface area contributed by atoms with Crippen LogP contribution in [-0.2, 0) is 4.74 Å². The molecule has 0 radical (unpaired) electrons. The molecule has 4 heteroatoms. The second-order valence-corrected chi connectivity index (χ2v) is 7.73. The monoisotopic (exact) mass is 314 g/mol. The van der Waals surface area contributed by atoms with Gasteiger partial charge in [-0.1, -0.05) is 34.1 Å². The van der Waals surface area contributed by atoms with E-state index in [0.29, 0.717) is 18.5 Å². The Labute approximate surface area is 138 Å². The predicted octanol–water partition coefficient (Wildman–Crippen LogP) is 4.29. The maximum Gasteiger partial charge on any atom is 0.410 e. The van der Waals surface area contributed by atoms with E-state index < -0.39 is 5.60 Å². The Balaban J connectivity index is 4.15. The summed E-state index contributed by atoms with van der Waals surface area (Å²) in [5, 5.41) is 3.65. The number of nitrogens with one attached hydrogen (secondary N) is 1. The van der Waals surface area contributed by atoms with Gasteiger partial charge < -0.3 is 15.0 Å². The fourth-order valence-corrected chi connectivity index (χ4v) is 2.36. The number of ether oxygens (including phenoxy) is 1. The van der Waals surface area contributed by atoms with E-state index in [0.717, 1.165) is 18.9 Å². The molecule has 0 fully saturated rings.